The molecule has 3 aromatic rings. The van der Waals surface area contributed by atoms with Crippen molar-refractivity contribution in [1.29, 1.82) is 0 Å². The summed E-state index contributed by atoms with van der Waals surface area (Å²) >= 11 is 0. The van der Waals surface area contributed by atoms with Gasteiger partial charge >= 0.3 is 11.8 Å². The molecule has 0 radical (unpaired) electrons. The maximum Gasteiger partial charge on any atom is 0.313 e. The molecule has 0 unspecified atom stereocenters. The van der Waals surface area contributed by atoms with Crippen LogP contribution in [0.25, 0.3) is 0 Å². The first-order valence-electron chi connectivity index (χ1n) is 10.9. The first-order chi connectivity index (χ1) is 15.9. The topological polar surface area (TPSA) is 64.7 Å². The molecule has 4 rings (SSSR count). The Labute approximate surface area is 193 Å². The minimum atomic E-state index is -0.787. The van der Waals surface area contributed by atoms with E-state index in [1.807, 2.05) is 43.3 Å². The SMILES string of the molecule is CN(C)c1ccc([C@@H](CNC(=O)C(=O)Nc2ccc(F)cc2)N2CCc3ccccc32)cc1. The van der Waals surface area contributed by atoms with Gasteiger partial charge in [0.15, 0.2) is 0 Å². The molecule has 0 aliphatic carbocycles. The number of nitrogens with one attached hydrogen (secondary N) is 2. The van der Waals surface area contributed by atoms with Crippen molar-refractivity contribution in [2.45, 2.75) is 12.5 Å². The fourth-order valence-electron chi connectivity index (χ4n) is 4.08. The zero-order valence-electron chi connectivity index (χ0n) is 18.7. The lowest BCUT2D eigenvalue weighted by molar-refractivity contribution is -0.136. The van der Waals surface area contributed by atoms with Gasteiger partial charge in [-0.2, -0.15) is 0 Å². The molecule has 7 heteroatoms. The molecule has 1 aliphatic rings. The summed E-state index contributed by atoms with van der Waals surface area (Å²) < 4.78 is 13.1. The fraction of sp³-hybridized carbons (Fsp3) is 0.231. The Morgan fingerprint density at radius 2 is 1.67 bits per heavy atom. The van der Waals surface area contributed by atoms with Crippen LogP contribution < -0.4 is 20.4 Å². The first-order valence-corrected chi connectivity index (χ1v) is 10.9. The number of carbonyl (C=O) groups is 2. The third-order valence-electron chi connectivity index (χ3n) is 5.86. The Hall–Kier alpha value is -3.87. The van der Waals surface area contributed by atoms with Gasteiger partial charge < -0.3 is 20.4 Å². The highest BCUT2D eigenvalue weighted by Gasteiger charge is 2.28. The number of rotatable bonds is 6. The van der Waals surface area contributed by atoms with Crippen LogP contribution >= 0.6 is 0 Å². The summed E-state index contributed by atoms with van der Waals surface area (Å²) in [6.07, 6.45) is 0.932. The van der Waals surface area contributed by atoms with Crippen molar-refractivity contribution in [3.8, 4) is 0 Å². The molecule has 33 heavy (non-hydrogen) atoms. The molecular weight excluding hydrogens is 419 g/mol. The molecule has 0 aromatic heterocycles. The number of hydrogen-bond acceptors (Lipinski definition) is 4. The van der Waals surface area contributed by atoms with Crippen molar-refractivity contribution in [3.63, 3.8) is 0 Å². The Bertz CT molecular complexity index is 1130. The smallest absolute Gasteiger partial charge is 0.313 e. The van der Waals surface area contributed by atoms with E-state index in [2.05, 4.69) is 39.8 Å². The number of anilines is 3. The normalized spacial score (nSPS) is 13.2. The second kappa shape index (κ2) is 9.73. The van der Waals surface area contributed by atoms with Crippen molar-refractivity contribution >= 4 is 28.9 Å². The number of carbonyl (C=O) groups excluding carboxylic acids is 2. The van der Waals surface area contributed by atoms with Crippen molar-refractivity contribution in [2.24, 2.45) is 0 Å². The molecule has 1 aliphatic heterocycles. The summed E-state index contributed by atoms with van der Waals surface area (Å²) in [5.41, 5.74) is 4.91. The van der Waals surface area contributed by atoms with Crippen molar-refractivity contribution in [3.05, 3.63) is 89.7 Å². The van der Waals surface area contributed by atoms with E-state index in [-0.39, 0.29) is 12.6 Å². The quantitative estimate of drug-likeness (QED) is 0.566. The zero-order chi connectivity index (χ0) is 23.4. The maximum absolute atomic E-state index is 13.1. The summed E-state index contributed by atoms with van der Waals surface area (Å²) in [5, 5.41) is 5.28. The summed E-state index contributed by atoms with van der Waals surface area (Å²) in [6.45, 7) is 1.10. The van der Waals surface area contributed by atoms with Crippen LogP contribution in [0.3, 0.4) is 0 Å². The molecule has 0 fully saturated rings. The van der Waals surface area contributed by atoms with E-state index in [1.54, 1.807) is 0 Å². The molecule has 0 spiro atoms. The van der Waals surface area contributed by atoms with Gasteiger partial charge in [-0.15, -0.1) is 0 Å². The first kappa shape index (κ1) is 22.3. The van der Waals surface area contributed by atoms with Crippen LogP contribution in [0.1, 0.15) is 17.2 Å². The number of para-hydroxylation sites is 1. The van der Waals surface area contributed by atoms with Crippen LogP contribution in [0.15, 0.2) is 72.8 Å². The van der Waals surface area contributed by atoms with Crippen molar-refractivity contribution in [1.82, 2.24) is 5.32 Å². The molecule has 0 bridgehead atoms. The lowest BCUT2D eigenvalue weighted by Crippen LogP contribution is -2.41. The minimum absolute atomic E-state index is 0.132. The molecule has 1 atom stereocenters. The molecule has 2 N–H and O–H groups in total. The molecule has 2 amide bonds. The van der Waals surface area contributed by atoms with Crippen LogP contribution in [0.2, 0.25) is 0 Å². The fourth-order valence-corrected chi connectivity index (χ4v) is 4.08. The molecule has 1 heterocycles. The molecule has 0 saturated heterocycles. The number of halogens is 1. The summed E-state index contributed by atoms with van der Waals surface area (Å²) in [7, 11) is 3.98. The molecule has 6 nitrogen and oxygen atoms in total. The van der Waals surface area contributed by atoms with Gasteiger partial charge in [-0.25, -0.2) is 4.39 Å². The summed E-state index contributed by atoms with van der Waals surface area (Å²) in [5.74, 6) is -1.93. The van der Waals surface area contributed by atoms with Crippen LogP contribution in [0.5, 0.6) is 0 Å². The van der Waals surface area contributed by atoms with E-state index in [1.165, 1.54) is 29.8 Å². The summed E-state index contributed by atoms with van der Waals surface area (Å²) in [4.78, 5) is 29.2. The van der Waals surface area contributed by atoms with Crippen molar-refractivity contribution < 1.29 is 14.0 Å². The van der Waals surface area contributed by atoms with Gasteiger partial charge in [-0.1, -0.05) is 30.3 Å². The van der Waals surface area contributed by atoms with E-state index in [4.69, 9.17) is 0 Å². The molecule has 0 saturated carbocycles. The second-order valence-electron chi connectivity index (χ2n) is 8.24. The maximum atomic E-state index is 13.1. The van der Waals surface area contributed by atoms with E-state index >= 15 is 0 Å². The predicted octanol–water partition coefficient (Wildman–Crippen LogP) is 3.75. The van der Waals surface area contributed by atoms with E-state index in [0.29, 0.717) is 5.69 Å². The van der Waals surface area contributed by atoms with Crippen LogP contribution in [-0.4, -0.2) is 39.0 Å². The Morgan fingerprint density at radius 3 is 2.36 bits per heavy atom. The van der Waals surface area contributed by atoms with Gasteiger partial charge in [-0.05, 0) is 60.0 Å². The van der Waals surface area contributed by atoms with Gasteiger partial charge in [-0.3, -0.25) is 9.59 Å². The second-order valence-corrected chi connectivity index (χ2v) is 8.24. The van der Waals surface area contributed by atoms with Gasteiger partial charge in [0.25, 0.3) is 0 Å². The monoisotopic (exact) mass is 446 g/mol. The predicted molar refractivity (Wildman–Crippen MR) is 129 cm³/mol. The van der Waals surface area contributed by atoms with Gasteiger partial charge in [0.1, 0.15) is 5.82 Å². The highest BCUT2D eigenvalue weighted by Crippen LogP contribution is 2.35. The third-order valence-corrected chi connectivity index (χ3v) is 5.86. The van der Waals surface area contributed by atoms with Crippen LogP contribution in [0, 0.1) is 5.82 Å². The van der Waals surface area contributed by atoms with Crippen LogP contribution in [0.4, 0.5) is 21.5 Å². The number of nitrogens with zero attached hydrogens (tertiary/aromatic N) is 2. The Kier molecular flexibility index (Phi) is 6.58. The van der Waals surface area contributed by atoms with E-state index < -0.39 is 17.6 Å². The van der Waals surface area contributed by atoms with Gasteiger partial charge in [0.05, 0.1) is 6.04 Å². The highest BCUT2D eigenvalue weighted by atomic mass is 19.1. The number of benzene rings is 3. The number of hydrogen-bond donors (Lipinski definition) is 2. The van der Waals surface area contributed by atoms with Gasteiger partial charge in [0.2, 0.25) is 0 Å². The molecule has 3 aromatic carbocycles. The van der Waals surface area contributed by atoms with Crippen LogP contribution in [-0.2, 0) is 16.0 Å². The average molecular weight is 447 g/mol. The lowest BCUT2D eigenvalue weighted by atomic mass is 10.0. The summed E-state index contributed by atoms with van der Waals surface area (Å²) in [6, 6.07) is 21.6. The minimum Gasteiger partial charge on any atom is -0.378 e. The number of amides is 2. The van der Waals surface area contributed by atoms with E-state index in [0.717, 1.165) is 29.9 Å². The Morgan fingerprint density at radius 1 is 0.970 bits per heavy atom. The largest absolute Gasteiger partial charge is 0.378 e. The third kappa shape index (κ3) is 5.14. The Balaban J connectivity index is 1.50. The average Bonchev–Trinajstić information content (AvgIpc) is 3.25. The molecular formula is C26H27FN4O2. The zero-order valence-corrected chi connectivity index (χ0v) is 18.7. The van der Waals surface area contributed by atoms with E-state index in [9.17, 15) is 14.0 Å². The molecule has 170 valence electrons. The highest BCUT2D eigenvalue weighted by molar-refractivity contribution is 6.39. The van der Waals surface area contributed by atoms with Gasteiger partial charge in [0, 0.05) is 44.2 Å². The lowest BCUT2D eigenvalue weighted by Gasteiger charge is -2.31. The van der Waals surface area contributed by atoms with Crippen molar-refractivity contribution in [2.75, 3.05) is 42.3 Å². The number of fused-ring (bicyclic) bond motifs is 1. The standard InChI is InChI=1S/C26H27FN4O2/c1-30(2)22-13-7-19(8-14-22)24(31-16-15-18-5-3-4-6-23(18)31)17-28-25(32)26(33)29-21-11-9-20(27)10-12-21/h3-14,24H,15-17H2,1-2H3,(H,28,32)(H,29,33)/t24-/m1/s1.